The van der Waals surface area contributed by atoms with Gasteiger partial charge in [-0.1, -0.05) is 5.16 Å². The van der Waals surface area contributed by atoms with Crippen LogP contribution >= 0.6 is 0 Å². The van der Waals surface area contributed by atoms with Gasteiger partial charge >= 0.3 is 5.91 Å². The van der Waals surface area contributed by atoms with E-state index in [0.29, 0.717) is 42.4 Å². The van der Waals surface area contributed by atoms with Crippen LogP contribution in [0.3, 0.4) is 0 Å². The Balaban J connectivity index is 1.58. The van der Waals surface area contributed by atoms with Crippen molar-refractivity contribution in [3.63, 3.8) is 0 Å². The third-order valence-corrected chi connectivity index (χ3v) is 4.92. The number of aromatic nitrogens is 4. The van der Waals surface area contributed by atoms with Gasteiger partial charge in [-0.3, -0.25) is 20.4 Å². The van der Waals surface area contributed by atoms with Gasteiger partial charge in [-0.25, -0.2) is 9.67 Å². The number of carbonyl (C=O) groups excluding carboxylic acids is 2. The number of pyridine rings is 1. The maximum Gasteiger partial charge on any atom is 0.308 e. The van der Waals surface area contributed by atoms with E-state index in [-0.39, 0.29) is 11.8 Å². The van der Waals surface area contributed by atoms with E-state index in [0.717, 1.165) is 18.2 Å². The van der Waals surface area contributed by atoms with Crippen LogP contribution in [0.2, 0.25) is 0 Å². The topological polar surface area (TPSA) is 136 Å². The quantitative estimate of drug-likeness (QED) is 0.534. The number of rotatable bonds is 5. The molecule has 3 aromatic heterocycles. The number of hydrogen-bond acceptors (Lipinski definition) is 8. The van der Waals surface area contributed by atoms with Gasteiger partial charge in [-0.15, -0.1) is 0 Å². The molecule has 3 N–H and O–H groups in total. The van der Waals surface area contributed by atoms with Gasteiger partial charge in [0.25, 0.3) is 5.91 Å². The van der Waals surface area contributed by atoms with Crippen molar-refractivity contribution in [3.8, 4) is 0 Å². The number of hydrazine groups is 1. The normalized spacial score (nSPS) is 14.6. The summed E-state index contributed by atoms with van der Waals surface area (Å²) in [5, 5.41) is 12.2. The summed E-state index contributed by atoms with van der Waals surface area (Å²) in [7, 11) is 0. The number of anilines is 1. The van der Waals surface area contributed by atoms with Crippen molar-refractivity contribution in [2.45, 2.75) is 39.3 Å². The van der Waals surface area contributed by atoms with Gasteiger partial charge in [0.2, 0.25) is 5.76 Å². The average Bonchev–Trinajstić information content (AvgIpc) is 3.39. The summed E-state index contributed by atoms with van der Waals surface area (Å²) in [6.45, 7) is 5.65. The Morgan fingerprint density at radius 2 is 1.97 bits per heavy atom. The largest absolute Gasteiger partial charge is 0.381 e. The summed E-state index contributed by atoms with van der Waals surface area (Å²) >= 11 is 0. The van der Waals surface area contributed by atoms with Gasteiger partial charge < -0.3 is 14.6 Å². The average molecular weight is 413 g/mol. The fraction of sp³-hybridized carbons (Fsp3) is 0.421. The van der Waals surface area contributed by atoms with Gasteiger partial charge in [0.1, 0.15) is 0 Å². The minimum Gasteiger partial charge on any atom is -0.381 e. The first-order chi connectivity index (χ1) is 14.6. The van der Waals surface area contributed by atoms with Gasteiger partial charge in [0, 0.05) is 38.1 Å². The van der Waals surface area contributed by atoms with Crippen LogP contribution in [0.5, 0.6) is 0 Å². The van der Waals surface area contributed by atoms with Gasteiger partial charge in [-0.2, -0.15) is 5.10 Å². The summed E-state index contributed by atoms with van der Waals surface area (Å²) in [6.07, 6.45) is 4.83. The molecular formula is C19H23N7O4. The third-order valence-electron chi connectivity index (χ3n) is 4.92. The zero-order valence-corrected chi connectivity index (χ0v) is 16.8. The van der Waals surface area contributed by atoms with Crippen LogP contribution in [0.4, 0.5) is 5.69 Å². The highest BCUT2D eigenvalue weighted by atomic mass is 16.5. The van der Waals surface area contributed by atoms with Crippen LogP contribution in [0.25, 0.3) is 11.0 Å². The van der Waals surface area contributed by atoms with Crippen LogP contribution in [-0.4, -0.2) is 51.0 Å². The van der Waals surface area contributed by atoms with Crippen LogP contribution in [0.15, 0.2) is 23.0 Å². The molecule has 2 amide bonds. The molecule has 4 heterocycles. The highest BCUT2D eigenvalue weighted by Gasteiger charge is 2.22. The molecule has 0 unspecified atom stereocenters. The second-order valence-electron chi connectivity index (χ2n) is 7.02. The van der Waals surface area contributed by atoms with E-state index in [1.54, 1.807) is 17.8 Å². The van der Waals surface area contributed by atoms with Crippen LogP contribution < -0.4 is 16.2 Å². The highest BCUT2D eigenvalue weighted by Crippen LogP contribution is 2.28. The Hall–Kier alpha value is -3.47. The Bertz CT molecular complexity index is 1070. The summed E-state index contributed by atoms with van der Waals surface area (Å²) < 4.78 is 12.1. The van der Waals surface area contributed by atoms with Crippen molar-refractivity contribution in [1.29, 1.82) is 0 Å². The number of fused-ring (bicyclic) bond motifs is 1. The number of nitrogens with zero attached hydrogens (tertiary/aromatic N) is 4. The molecule has 11 nitrogen and oxygen atoms in total. The first-order valence-corrected chi connectivity index (χ1v) is 9.79. The molecule has 0 aliphatic carbocycles. The molecule has 1 saturated heterocycles. The molecule has 0 bridgehead atoms. The standard InChI is InChI=1S/C19H23N7O4/c1-3-26-17-13(10-21-26)16(22-12-4-6-29-7-5-12)14(9-20-17)18(27)23-24-19(28)15-8-11(2)25-30-15/h8-10,12H,3-7H2,1-2H3,(H,20,22)(H,23,27)(H,24,28). The molecular weight excluding hydrogens is 390 g/mol. The molecule has 1 fully saturated rings. The van der Waals surface area contributed by atoms with Crippen molar-refractivity contribution >= 4 is 28.5 Å². The number of hydrogen-bond donors (Lipinski definition) is 3. The second kappa shape index (κ2) is 8.49. The zero-order valence-electron chi connectivity index (χ0n) is 16.8. The van der Waals surface area contributed by atoms with Crippen molar-refractivity contribution in [2.24, 2.45) is 0 Å². The molecule has 158 valence electrons. The monoisotopic (exact) mass is 413 g/mol. The lowest BCUT2D eigenvalue weighted by Gasteiger charge is -2.25. The minimum absolute atomic E-state index is 0.00570. The molecule has 3 aromatic rings. The lowest BCUT2D eigenvalue weighted by Crippen LogP contribution is -2.42. The lowest BCUT2D eigenvalue weighted by molar-refractivity contribution is 0.0825. The van der Waals surface area contributed by atoms with E-state index in [9.17, 15) is 9.59 Å². The first-order valence-electron chi connectivity index (χ1n) is 9.79. The minimum atomic E-state index is -0.601. The Morgan fingerprint density at radius 3 is 2.67 bits per heavy atom. The smallest absolute Gasteiger partial charge is 0.308 e. The SMILES string of the molecule is CCn1ncc2c(NC3CCOCC3)c(C(=O)NNC(=O)c3cc(C)no3)cnc21. The first kappa shape index (κ1) is 19.8. The molecule has 0 atom stereocenters. The van der Waals surface area contributed by atoms with Crippen molar-refractivity contribution < 1.29 is 18.8 Å². The van der Waals surface area contributed by atoms with Gasteiger partial charge in [-0.05, 0) is 26.7 Å². The summed E-state index contributed by atoms with van der Waals surface area (Å²) in [6, 6.07) is 1.64. The molecule has 11 heteroatoms. The molecule has 0 radical (unpaired) electrons. The maximum absolute atomic E-state index is 12.9. The van der Waals surface area contributed by atoms with E-state index in [2.05, 4.69) is 31.4 Å². The molecule has 1 aliphatic rings. The number of amides is 2. The third kappa shape index (κ3) is 3.96. The van der Waals surface area contributed by atoms with Crippen LogP contribution in [-0.2, 0) is 11.3 Å². The summed E-state index contributed by atoms with van der Waals surface area (Å²) in [5.74, 6) is -1.10. The van der Waals surface area contributed by atoms with E-state index in [1.807, 2.05) is 6.92 Å². The van der Waals surface area contributed by atoms with Gasteiger partial charge in [0.05, 0.1) is 28.5 Å². The Kier molecular flexibility index (Phi) is 5.61. The van der Waals surface area contributed by atoms with Crippen LogP contribution in [0.1, 0.15) is 46.4 Å². The molecule has 0 saturated carbocycles. The maximum atomic E-state index is 12.9. The fourth-order valence-electron chi connectivity index (χ4n) is 3.34. The molecule has 1 aliphatic heterocycles. The number of nitrogens with one attached hydrogen (secondary N) is 3. The van der Waals surface area contributed by atoms with Crippen LogP contribution in [0, 0.1) is 6.92 Å². The second-order valence-corrected chi connectivity index (χ2v) is 7.02. The van der Waals surface area contributed by atoms with E-state index < -0.39 is 11.8 Å². The van der Waals surface area contributed by atoms with Gasteiger partial charge in [0.15, 0.2) is 5.65 Å². The lowest BCUT2D eigenvalue weighted by atomic mass is 10.1. The highest BCUT2D eigenvalue weighted by molar-refractivity contribution is 6.07. The predicted octanol–water partition coefficient (Wildman–Crippen LogP) is 1.41. The molecule has 0 aromatic carbocycles. The van der Waals surface area contributed by atoms with E-state index >= 15 is 0 Å². The fourth-order valence-corrected chi connectivity index (χ4v) is 3.34. The molecule has 4 rings (SSSR count). The predicted molar refractivity (Wildman–Crippen MR) is 107 cm³/mol. The summed E-state index contributed by atoms with van der Waals surface area (Å²) in [5.41, 5.74) is 6.94. The zero-order chi connectivity index (χ0) is 21.1. The molecule has 0 spiro atoms. The number of ether oxygens (including phenoxy) is 1. The summed E-state index contributed by atoms with van der Waals surface area (Å²) in [4.78, 5) is 29.4. The molecule has 30 heavy (non-hydrogen) atoms. The van der Waals surface area contributed by atoms with E-state index in [1.165, 1.54) is 12.3 Å². The van der Waals surface area contributed by atoms with E-state index in [4.69, 9.17) is 9.26 Å². The number of aryl methyl sites for hydroxylation is 2. The van der Waals surface area contributed by atoms with Crippen molar-refractivity contribution in [3.05, 3.63) is 35.5 Å². The number of carbonyl (C=O) groups is 2. The Labute approximate surface area is 172 Å². The van der Waals surface area contributed by atoms with Crippen molar-refractivity contribution in [1.82, 2.24) is 30.8 Å². The Morgan fingerprint density at radius 1 is 1.20 bits per heavy atom. The van der Waals surface area contributed by atoms with Crippen molar-refractivity contribution in [2.75, 3.05) is 18.5 Å².